The predicted octanol–water partition coefficient (Wildman–Crippen LogP) is 1.65. The Kier molecular flexibility index (Phi) is 3.80. The zero-order valence-corrected chi connectivity index (χ0v) is 12.2. The Morgan fingerprint density at radius 3 is 2.43 bits per heavy atom. The number of hydrogen-bond acceptors (Lipinski definition) is 3. The van der Waals surface area contributed by atoms with Gasteiger partial charge < -0.3 is 10.8 Å². The first kappa shape index (κ1) is 14.8. The molecule has 0 aliphatic heterocycles. The van der Waals surface area contributed by atoms with Crippen LogP contribution in [-0.2, 0) is 6.54 Å². The fourth-order valence-corrected chi connectivity index (χ4v) is 2.35. The highest BCUT2D eigenvalue weighted by Crippen LogP contribution is 2.17. The molecule has 6 heteroatoms. The van der Waals surface area contributed by atoms with Crippen LogP contribution in [0, 0.1) is 20.8 Å². The van der Waals surface area contributed by atoms with Crippen molar-refractivity contribution < 1.29 is 14.7 Å². The number of aromatic carboxylic acids is 1. The molecule has 1 heterocycles. The first-order valence-corrected chi connectivity index (χ1v) is 6.48. The number of benzene rings is 1. The molecule has 0 spiro atoms. The van der Waals surface area contributed by atoms with Gasteiger partial charge in [-0.25, -0.2) is 4.79 Å². The van der Waals surface area contributed by atoms with Crippen molar-refractivity contribution in [2.45, 2.75) is 27.3 Å². The Hall–Kier alpha value is -2.63. The molecule has 2 aromatic rings. The van der Waals surface area contributed by atoms with E-state index in [-0.39, 0.29) is 5.56 Å². The summed E-state index contributed by atoms with van der Waals surface area (Å²) < 4.78 is 1.66. The van der Waals surface area contributed by atoms with Crippen LogP contribution in [0.15, 0.2) is 18.2 Å². The summed E-state index contributed by atoms with van der Waals surface area (Å²) >= 11 is 0. The van der Waals surface area contributed by atoms with Crippen LogP contribution >= 0.6 is 0 Å². The van der Waals surface area contributed by atoms with E-state index in [9.17, 15) is 14.7 Å². The first-order chi connectivity index (χ1) is 9.81. The number of nitrogens with zero attached hydrogens (tertiary/aromatic N) is 2. The summed E-state index contributed by atoms with van der Waals surface area (Å²) in [5.41, 5.74) is 8.91. The van der Waals surface area contributed by atoms with E-state index in [4.69, 9.17) is 5.73 Å². The van der Waals surface area contributed by atoms with Gasteiger partial charge in [-0.15, -0.1) is 0 Å². The Bertz CT molecular complexity index is 732. The smallest absolute Gasteiger partial charge is 0.339 e. The lowest BCUT2D eigenvalue weighted by Crippen LogP contribution is -2.12. The topological polar surface area (TPSA) is 98.2 Å². The second kappa shape index (κ2) is 5.40. The molecule has 1 aromatic heterocycles. The van der Waals surface area contributed by atoms with Gasteiger partial charge in [-0.05, 0) is 44.0 Å². The summed E-state index contributed by atoms with van der Waals surface area (Å²) in [6.07, 6.45) is 0. The number of nitrogens with two attached hydrogens (primary N) is 1. The molecule has 110 valence electrons. The van der Waals surface area contributed by atoms with E-state index >= 15 is 0 Å². The quantitative estimate of drug-likeness (QED) is 0.893. The minimum atomic E-state index is -0.975. The number of aromatic nitrogens is 2. The van der Waals surface area contributed by atoms with Crippen LogP contribution < -0.4 is 5.73 Å². The molecule has 0 aliphatic rings. The number of carbonyl (C=O) groups excluding carboxylic acids is 1. The Labute approximate surface area is 122 Å². The summed E-state index contributed by atoms with van der Waals surface area (Å²) in [5.74, 6) is -1.44. The monoisotopic (exact) mass is 287 g/mol. The van der Waals surface area contributed by atoms with Gasteiger partial charge in [0, 0.05) is 5.56 Å². The highest BCUT2D eigenvalue weighted by atomic mass is 16.4. The summed E-state index contributed by atoms with van der Waals surface area (Å²) in [6.45, 7) is 5.74. The molecule has 3 N–H and O–H groups in total. The van der Waals surface area contributed by atoms with Gasteiger partial charge in [0.25, 0.3) is 0 Å². The molecule has 6 nitrogen and oxygen atoms in total. The number of aryl methyl sites for hydroxylation is 2. The number of carboxylic acid groups (broad SMARTS) is 1. The average Bonchev–Trinajstić information content (AvgIpc) is 2.66. The fraction of sp³-hybridized carbons (Fsp3) is 0.267. The van der Waals surface area contributed by atoms with Crippen LogP contribution in [0.3, 0.4) is 0 Å². The van der Waals surface area contributed by atoms with E-state index in [2.05, 4.69) is 5.10 Å². The van der Waals surface area contributed by atoms with Crippen molar-refractivity contribution in [2.75, 3.05) is 0 Å². The maximum Gasteiger partial charge on any atom is 0.339 e. The second-order valence-electron chi connectivity index (χ2n) is 5.01. The number of rotatable bonds is 4. The third-order valence-electron chi connectivity index (χ3n) is 3.54. The maximum atomic E-state index is 11.2. The molecular weight excluding hydrogens is 270 g/mol. The molecule has 0 aliphatic carbocycles. The number of primary amides is 1. The van der Waals surface area contributed by atoms with Gasteiger partial charge in [0.1, 0.15) is 5.56 Å². The minimum absolute atomic E-state index is 0.237. The van der Waals surface area contributed by atoms with Crippen molar-refractivity contribution in [3.8, 4) is 0 Å². The summed E-state index contributed by atoms with van der Waals surface area (Å²) in [7, 11) is 0. The first-order valence-electron chi connectivity index (χ1n) is 6.48. The van der Waals surface area contributed by atoms with Crippen LogP contribution in [0.4, 0.5) is 0 Å². The molecule has 0 bridgehead atoms. The molecule has 1 amide bonds. The van der Waals surface area contributed by atoms with Gasteiger partial charge in [-0.3, -0.25) is 9.48 Å². The molecule has 21 heavy (non-hydrogen) atoms. The number of amides is 1. The molecule has 1 aromatic carbocycles. The second-order valence-corrected chi connectivity index (χ2v) is 5.01. The molecule has 0 unspecified atom stereocenters. The van der Waals surface area contributed by atoms with E-state index in [0.717, 1.165) is 11.1 Å². The van der Waals surface area contributed by atoms with Gasteiger partial charge in [0.05, 0.1) is 17.9 Å². The minimum Gasteiger partial charge on any atom is -0.478 e. The third-order valence-corrected chi connectivity index (χ3v) is 3.54. The van der Waals surface area contributed by atoms with E-state index < -0.39 is 11.9 Å². The van der Waals surface area contributed by atoms with E-state index in [0.29, 0.717) is 23.5 Å². The third kappa shape index (κ3) is 2.79. The predicted molar refractivity (Wildman–Crippen MR) is 77.5 cm³/mol. The van der Waals surface area contributed by atoms with Crippen molar-refractivity contribution >= 4 is 11.9 Å². The SMILES string of the molecule is Cc1cc(C(N)=O)ccc1Cn1nc(C)c(C(=O)O)c1C. The standard InChI is InChI=1S/C15H17N3O3/c1-8-6-11(14(16)19)4-5-12(8)7-18-10(3)13(15(20)21)9(2)17-18/h4-6H,7H2,1-3H3,(H2,16,19)(H,20,21). The van der Waals surface area contributed by atoms with E-state index in [1.807, 2.05) is 13.0 Å². The maximum absolute atomic E-state index is 11.2. The fourth-order valence-electron chi connectivity index (χ4n) is 2.35. The lowest BCUT2D eigenvalue weighted by Gasteiger charge is -2.09. The largest absolute Gasteiger partial charge is 0.478 e. The van der Waals surface area contributed by atoms with Gasteiger partial charge in [-0.2, -0.15) is 5.10 Å². The number of carboxylic acids is 1. The van der Waals surface area contributed by atoms with E-state index in [1.54, 1.807) is 30.7 Å². The van der Waals surface area contributed by atoms with Crippen molar-refractivity contribution in [3.05, 3.63) is 51.8 Å². The average molecular weight is 287 g/mol. The molecule has 0 radical (unpaired) electrons. The van der Waals surface area contributed by atoms with Crippen LogP contribution in [0.2, 0.25) is 0 Å². The molecule has 0 saturated carbocycles. The van der Waals surface area contributed by atoms with Crippen molar-refractivity contribution in [3.63, 3.8) is 0 Å². The number of hydrogen-bond donors (Lipinski definition) is 2. The van der Waals surface area contributed by atoms with Crippen molar-refractivity contribution in [1.29, 1.82) is 0 Å². The summed E-state index contributed by atoms with van der Waals surface area (Å²) in [5, 5.41) is 13.4. The van der Waals surface area contributed by atoms with Crippen molar-refractivity contribution in [2.24, 2.45) is 5.73 Å². The van der Waals surface area contributed by atoms with Crippen LogP contribution in [-0.4, -0.2) is 26.8 Å². The van der Waals surface area contributed by atoms with Crippen LogP contribution in [0.5, 0.6) is 0 Å². The highest BCUT2D eigenvalue weighted by molar-refractivity contribution is 5.93. The Morgan fingerprint density at radius 1 is 1.29 bits per heavy atom. The molecule has 0 fully saturated rings. The van der Waals surface area contributed by atoms with Gasteiger partial charge in [0.15, 0.2) is 0 Å². The zero-order chi connectivity index (χ0) is 15.7. The summed E-state index contributed by atoms with van der Waals surface area (Å²) in [4.78, 5) is 22.3. The van der Waals surface area contributed by atoms with Crippen LogP contribution in [0.1, 0.15) is 43.2 Å². The zero-order valence-electron chi connectivity index (χ0n) is 12.2. The number of carbonyl (C=O) groups is 2. The molecule has 0 saturated heterocycles. The van der Waals surface area contributed by atoms with Gasteiger partial charge >= 0.3 is 5.97 Å². The summed E-state index contributed by atoms with van der Waals surface area (Å²) in [6, 6.07) is 5.20. The normalized spacial score (nSPS) is 10.6. The molecular formula is C15H17N3O3. The molecule has 2 rings (SSSR count). The van der Waals surface area contributed by atoms with E-state index in [1.165, 1.54) is 0 Å². The Morgan fingerprint density at radius 2 is 1.95 bits per heavy atom. The van der Waals surface area contributed by atoms with Gasteiger partial charge in [0.2, 0.25) is 5.91 Å². The van der Waals surface area contributed by atoms with Crippen molar-refractivity contribution in [1.82, 2.24) is 9.78 Å². The highest BCUT2D eigenvalue weighted by Gasteiger charge is 2.18. The lowest BCUT2D eigenvalue weighted by molar-refractivity contribution is 0.0695. The van der Waals surface area contributed by atoms with Gasteiger partial charge in [-0.1, -0.05) is 6.07 Å². The Balaban J connectivity index is 2.37. The van der Waals surface area contributed by atoms with Crippen LogP contribution in [0.25, 0.3) is 0 Å². The lowest BCUT2D eigenvalue weighted by atomic mass is 10.0. The molecule has 0 atom stereocenters.